The molecule has 1 fully saturated rings. The molecule has 15 heavy (non-hydrogen) atoms. The maximum Gasteiger partial charge on any atom is 0.0568 e. The summed E-state index contributed by atoms with van der Waals surface area (Å²) in [5.41, 5.74) is 0. The van der Waals surface area contributed by atoms with E-state index in [1.54, 1.807) is 0 Å². The molecule has 3 unspecified atom stereocenters. The van der Waals surface area contributed by atoms with E-state index in [1.807, 2.05) is 0 Å². The zero-order chi connectivity index (χ0) is 11.4. The minimum absolute atomic E-state index is 0.0439. The lowest BCUT2D eigenvalue weighted by molar-refractivity contribution is 0.0461. The summed E-state index contributed by atoms with van der Waals surface area (Å²) in [4.78, 5) is 0. The number of aliphatic hydroxyl groups excluding tert-OH is 1. The topological polar surface area (TPSA) is 20.2 Å². The van der Waals surface area contributed by atoms with Gasteiger partial charge in [-0.05, 0) is 55.8 Å². The summed E-state index contributed by atoms with van der Waals surface area (Å²) in [5, 5.41) is 10.2. The average Bonchev–Trinajstić information content (AvgIpc) is 2.12. The quantitative estimate of drug-likeness (QED) is 0.750. The van der Waals surface area contributed by atoms with Gasteiger partial charge in [0, 0.05) is 0 Å². The highest BCUT2D eigenvalue weighted by Crippen LogP contribution is 2.35. The second kappa shape index (κ2) is 5.89. The smallest absolute Gasteiger partial charge is 0.0568 e. The highest BCUT2D eigenvalue weighted by atomic mass is 16.3. The molecule has 1 nitrogen and oxygen atoms in total. The molecule has 3 atom stereocenters. The number of hydrogen-bond acceptors (Lipinski definition) is 1. The zero-order valence-corrected chi connectivity index (χ0v) is 10.9. The van der Waals surface area contributed by atoms with Gasteiger partial charge in [-0.25, -0.2) is 0 Å². The van der Waals surface area contributed by atoms with E-state index in [1.165, 1.54) is 25.7 Å². The van der Waals surface area contributed by atoms with E-state index in [2.05, 4.69) is 27.7 Å². The van der Waals surface area contributed by atoms with Gasteiger partial charge in [0.1, 0.15) is 0 Å². The lowest BCUT2D eigenvalue weighted by Crippen LogP contribution is -2.29. The van der Waals surface area contributed by atoms with Crippen LogP contribution in [0.4, 0.5) is 0 Å². The molecule has 0 amide bonds. The first kappa shape index (κ1) is 13.0. The fourth-order valence-electron chi connectivity index (χ4n) is 3.06. The second-order valence-corrected chi connectivity index (χ2v) is 6.22. The lowest BCUT2D eigenvalue weighted by Gasteiger charge is -2.34. The predicted molar refractivity (Wildman–Crippen MR) is 65.7 cm³/mol. The Bertz CT molecular complexity index is 166. The molecule has 1 heteroatoms. The van der Waals surface area contributed by atoms with Crippen molar-refractivity contribution in [3.05, 3.63) is 0 Å². The van der Waals surface area contributed by atoms with Gasteiger partial charge in [0.15, 0.2) is 0 Å². The van der Waals surface area contributed by atoms with Crippen molar-refractivity contribution < 1.29 is 5.11 Å². The van der Waals surface area contributed by atoms with Crippen LogP contribution >= 0.6 is 0 Å². The van der Waals surface area contributed by atoms with Crippen LogP contribution in [-0.4, -0.2) is 11.2 Å². The number of aliphatic hydroxyl groups is 1. The lowest BCUT2D eigenvalue weighted by atomic mass is 9.73. The Morgan fingerprint density at radius 2 is 1.53 bits per heavy atom. The van der Waals surface area contributed by atoms with E-state index in [0.717, 1.165) is 24.2 Å². The van der Waals surface area contributed by atoms with Crippen LogP contribution in [0, 0.1) is 23.7 Å². The van der Waals surface area contributed by atoms with Crippen LogP contribution in [0.3, 0.4) is 0 Å². The molecule has 1 rings (SSSR count). The Morgan fingerprint density at radius 1 is 1.00 bits per heavy atom. The van der Waals surface area contributed by atoms with Crippen LogP contribution in [0.15, 0.2) is 0 Å². The summed E-state index contributed by atoms with van der Waals surface area (Å²) in [6.45, 7) is 9.13. The third-order valence-electron chi connectivity index (χ3n) is 3.80. The standard InChI is InChI=1S/C14H28O/c1-10(2)5-6-14(15)13-8-11(3)7-12(4)9-13/h10-15H,5-9H2,1-4H3. The van der Waals surface area contributed by atoms with E-state index < -0.39 is 0 Å². The van der Waals surface area contributed by atoms with Crippen LogP contribution in [0.25, 0.3) is 0 Å². The van der Waals surface area contributed by atoms with Gasteiger partial charge in [0.05, 0.1) is 6.10 Å². The molecule has 0 aromatic rings. The Labute approximate surface area is 95.3 Å². The summed E-state index contributed by atoms with van der Waals surface area (Å²) in [6.07, 6.45) is 5.96. The van der Waals surface area contributed by atoms with Crippen molar-refractivity contribution in [1.82, 2.24) is 0 Å². The first-order chi connectivity index (χ1) is 6.99. The molecule has 1 aliphatic rings. The molecule has 0 aromatic carbocycles. The van der Waals surface area contributed by atoms with Gasteiger partial charge in [-0.3, -0.25) is 0 Å². The van der Waals surface area contributed by atoms with Gasteiger partial charge in [0.2, 0.25) is 0 Å². The molecule has 0 saturated heterocycles. The van der Waals surface area contributed by atoms with Gasteiger partial charge in [-0.1, -0.05) is 27.7 Å². The molecule has 90 valence electrons. The van der Waals surface area contributed by atoms with Crippen LogP contribution in [0.1, 0.15) is 59.8 Å². The van der Waals surface area contributed by atoms with E-state index >= 15 is 0 Å². The minimum Gasteiger partial charge on any atom is -0.393 e. The molecular formula is C14H28O. The van der Waals surface area contributed by atoms with Crippen molar-refractivity contribution in [3.8, 4) is 0 Å². The van der Waals surface area contributed by atoms with Gasteiger partial charge < -0.3 is 5.11 Å². The minimum atomic E-state index is -0.0439. The van der Waals surface area contributed by atoms with E-state index in [0.29, 0.717) is 5.92 Å². The first-order valence-corrected chi connectivity index (χ1v) is 6.67. The summed E-state index contributed by atoms with van der Waals surface area (Å²) < 4.78 is 0. The molecule has 0 heterocycles. The van der Waals surface area contributed by atoms with Gasteiger partial charge >= 0.3 is 0 Å². The van der Waals surface area contributed by atoms with E-state index in [9.17, 15) is 5.11 Å². The Morgan fingerprint density at radius 3 is 2.00 bits per heavy atom. The molecule has 1 aliphatic carbocycles. The summed E-state index contributed by atoms with van der Waals surface area (Å²) in [5.74, 6) is 2.92. The van der Waals surface area contributed by atoms with Crippen LogP contribution in [0.5, 0.6) is 0 Å². The van der Waals surface area contributed by atoms with Crippen molar-refractivity contribution in [1.29, 1.82) is 0 Å². The van der Waals surface area contributed by atoms with Gasteiger partial charge in [-0.2, -0.15) is 0 Å². The molecule has 0 bridgehead atoms. The first-order valence-electron chi connectivity index (χ1n) is 6.67. The maximum absolute atomic E-state index is 10.2. The second-order valence-electron chi connectivity index (χ2n) is 6.22. The van der Waals surface area contributed by atoms with Crippen molar-refractivity contribution in [2.24, 2.45) is 23.7 Å². The SMILES string of the molecule is CC(C)CCC(O)C1CC(C)CC(C)C1. The van der Waals surface area contributed by atoms with Gasteiger partial charge in [0.25, 0.3) is 0 Å². The summed E-state index contributed by atoms with van der Waals surface area (Å²) >= 11 is 0. The zero-order valence-electron chi connectivity index (χ0n) is 10.9. The van der Waals surface area contributed by atoms with Crippen molar-refractivity contribution >= 4 is 0 Å². The highest BCUT2D eigenvalue weighted by Gasteiger charge is 2.28. The molecule has 0 aromatic heterocycles. The van der Waals surface area contributed by atoms with E-state index in [-0.39, 0.29) is 6.10 Å². The number of hydrogen-bond donors (Lipinski definition) is 1. The average molecular weight is 212 g/mol. The normalized spacial score (nSPS) is 34.4. The Balaban J connectivity index is 2.34. The van der Waals surface area contributed by atoms with Crippen molar-refractivity contribution in [3.63, 3.8) is 0 Å². The maximum atomic E-state index is 10.2. The Kier molecular flexibility index (Phi) is 5.11. The van der Waals surface area contributed by atoms with Crippen molar-refractivity contribution in [2.75, 3.05) is 0 Å². The Hall–Kier alpha value is -0.0400. The number of rotatable bonds is 4. The van der Waals surface area contributed by atoms with Crippen molar-refractivity contribution in [2.45, 2.75) is 65.9 Å². The third kappa shape index (κ3) is 4.55. The summed E-state index contributed by atoms with van der Waals surface area (Å²) in [6, 6.07) is 0. The fraction of sp³-hybridized carbons (Fsp3) is 1.00. The predicted octanol–water partition coefficient (Wildman–Crippen LogP) is 3.86. The molecule has 0 aliphatic heterocycles. The largest absolute Gasteiger partial charge is 0.393 e. The van der Waals surface area contributed by atoms with Gasteiger partial charge in [-0.15, -0.1) is 0 Å². The molecule has 0 radical (unpaired) electrons. The molecule has 0 spiro atoms. The molecular weight excluding hydrogens is 184 g/mol. The van der Waals surface area contributed by atoms with E-state index in [4.69, 9.17) is 0 Å². The van der Waals surface area contributed by atoms with Crippen LogP contribution < -0.4 is 0 Å². The third-order valence-corrected chi connectivity index (χ3v) is 3.80. The summed E-state index contributed by atoms with van der Waals surface area (Å²) in [7, 11) is 0. The fourth-order valence-corrected chi connectivity index (χ4v) is 3.06. The monoisotopic (exact) mass is 212 g/mol. The molecule has 1 saturated carbocycles. The molecule has 1 N–H and O–H groups in total. The van der Waals surface area contributed by atoms with Crippen LogP contribution in [0.2, 0.25) is 0 Å². The highest BCUT2D eigenvalue weighted by molar-refractivity contribution is 4.79. The van der Waals surface area contributed by atoms with Crippen LogP contribution in [-0.2, 0) is 0 Å².